The number of carbonyl (C=O) groups excluding carboxylic acids is 2. The molecule has 2 aliphatic carbocycles. The van der Waals surface area contributed by atoms with Gasteiger partial charge >= 0.3 is 6.18 Å². The first-order chi connectivity index (χ1) is 21.1. The molecule has 3 aliphatic rings. The molecule has 0 unspecified atom stereocenters. The number of rotatable bonds is 9. The lowest BCUT2D eigenvalue weighted by atomic mass is 9.76. The summed E-state index contributed by atoms with van der Waals surface area (Å²) in [5.74, 6) is -1.19. The minimum atomic E-state index is -4.57. The molecule has 2 aromatic carbocycles. The van der Waals surface area contributed by atoms with Crippen molar-refractivity contribution in [3.8, 4) is 11.5 Å². The number of aliphatic hydroxyl groups is 3. The molecule has 2 aromatic rings. The molecule has 12 heteroatoms. The average Bonchev–Trinajstić information content (AvgIpc) is 3.42. The molecule has 0 spiro atoms. The highest BCUT2D eigenvalue weighted by molar-refractivity contribution is 5.97. The van der Waals surface area contributed by atoms with Gasteiger partial charge in [-0.2, -0.15) is 13.2 Å². The monoisotopic (exact) mass is 618 g/mol. The summed E-state index contributed by atoms with van der Waals surface area (Å²) >= 11 is 0. The second-order valence-corrected chi connectivity index (χ2v) is 11.6. The van der Waals surface area contributed by atoms with Gasteiger partial charge in [-0.05, 0) is 66.8 Å². The fourth-order valence-corrected chi connectivity index (χ4v) is 6.57. The van der Waals surface area contributed by atoms with Crippen molar-refractivity contribution in [1.82, 2.24) is 10.2 Å². The number of nitrogens with one attached hydrogen (secondary N) is 1. The fraction of sp³-hybridized carbons (Fsp3) is 0.500. The zero-order valence-corrected chi connectivity index (χ0v) is 24.3. The zero-order valence-electron chi connectivity index (χ0n) is 24.3. The lowest BCUT2D eigenvalue weighted by Gasteiger charge is -2.42. The first-order valence-electron chi connectivity index (χ1n) is 14.8. The molecular formula is C32H37F3N2O7. The van der Waals surface area contributed by atoms with E-state index in [4.69, 9.17) is 9.47 Å². The summed E-state index contributed by atoms with van der Waals surface area (Å²) in [6.45, 7) is -0.426. The Bertz CT molecular complexity index is 1390. The number of halogens is 3. The van der Waals surface area contributed by atoms with E-state index >= 15 is 0 Å². The van der Waals surface area contributed by atoms with Crippen LogP contribution in [0.3, 0.4) is 0 Å². The van der Waals surface area contributed by atoms with Crippen molar-refractivity contribution in [1.29, 1.82) is 0 Å². The maximum atomic E-state index is 14.0. The topological polar surface area (TPSA) is 129 Å². The Balaban J connectivity index is 1.58. The number of benzene rings is 2. The molecule has 4 N–H and O–H groups in total. The highest BCUT2D eigenvalue weighted by atomic mass is 19.4. The van der Waals surface area contributed by atoms with Crippen LogP contribution in [0.1, 0.15) is 65.1 Å². The molecule has 0 aromatic heterocycles. The van der Waals surface area contributed by atoms with Gasteiger partial charge in [0.2, 0.25) is 5.91 Å². The van der Waals surface area contributed by atoms with E-state index < -0.39 is 47.7 Å². The van der Waals surface area contributed by atoms with Crippen LogP contribution in [-0.2, 0) is 17.6 Å². The third-order valence-electron chi connectivity index (χ3n) is 8.75. The van der Waals surface area contributed by atoms with E-state index in [0.717, 1.165) is 56.4 Å². The van der Waals surface area contributed by atoms with Crippen molar-refractivity contribution in [2.24, 2.45) is 5.92 Å². The smallest absolute Gasteiger partial charge is 0.416 e. The van der Waals surface area contributed by atoms with E-state index in [2.05, 4.69) is 5.32 Å². The Morgan fingerprint density at radius 1 is 1.09 bits per heavy atom. The zero-order chi connectivity index (χ0) is 31.6. The van der Waals surface area contributed by atoms with Crippen LogP contribution in [0.15, 0.2) is 48.0 Å². The number of aliphatic hydroxyl groups excluding tert-OH is 3. The number of carbonyl (C=O) groups is 2. The normalized spacial score (nSPS) is 23.2. The maximum absolute atomic E-state index is 14.0. The molecule has 5 rings (SSSR count). The van der Waals surface area contributed by atoms with E-state index in [9.17, 15) is 38.1 Å². The Kier molecular flexibility index (Phi) is 9.52. The van der Waals surface area contributed by atoms with Crippen molar-refractivity contribution in [3.63, 3.8) is 0 Å². The number of alkyl halides is 3. The standard InChI is InChI=1S/C32H37F3N2O7/c1-43-25-14-19(17-39)13-22-26-23(30(41)36-11-12-38)15-24(27(40)29(26)44-28(22)25)37(16-18-5-3-2-4-6-18)31(42)20-7-9-21(10-8-20)32(33,34)35/h7-10,13-15,18,24,26-27,29,38-40H,2-6,11-12,16-17H2,1H3,(H,36,41)/t24-,26+,27+,29+/m1/s1. The number of hydrogen-bond acceptors (Lipinski definition) is 7. The summed E-state index contributed by atoms with van der Waals surface area (Å²) in [6.07, 6.45) is -0.675. The van der Waals surface area contributed by atoms with E-state index in [0.29, 0.717) is 22.6 Å². The SMILES string of the molecule is COc1cc(CO)cc2c1O[C@@H]1[C@@H](O)[C@H](N(CC3CCCCC3)C(=O)c3ccc(C(F)(F)F)cc3)C=C(C(=O)NCCO)[C@H]21. The number of fused-ring (bicyclic) bond motifs is 3. The molecule has 0 saturated heterocycles. The van der Waals surface area contributed by atoms with Crippen molar-refractivity contribution < 1.29 is 47.6 Å². The summed E-state index contributed by atoms with van der Waals surface area (Å²) in [5, 5.41) is 33.7. The second-order valence-electron chi connectivity index (χ2n) is 11.6. The molecule has 1 fully saturated rings. The van der Waals surface area contributed by atoms with Crippen LogP contribution in [-0.4, -0.2) is 77.1 Å². The summed E-state index contributed by atoms with van der Waals surface area (Å²) < 4.78 is 51.5. The summed E-state index contributed by atoms with van der Waals surface area (Å²) in [7, 11) is 1.43. The number of hydrogen-bond donors (Lipinski definition) is 4. The van der Waals surface area contributed by atoms with E-state index in [-0.39, 0.29) is 43.4 Å². The van der Waals surface area contributed by atoms with Gasteiger partial charge in [-0.3, -0.25) is 9.59 Å². The Morgan fingerprint density at radius 3 is 2.41 bits per heavy atom. The van der Waals surface area contributed by atoms with Crippen molar-refractivity contribution in [2.45, 2.75) is 69.1 Å². The molecule has 2 amide bonds. The van der Waals surface area contributed by atoms with Crippen molar-refractivity contribution in [3.05, 3.63) is 70.3 Å². The van der Waals surface area contributed by atoms with Crippen LogP contribution in [0.25, 0.3) is 0 Å². The highest BCUT2D eigenvalue weighted by Gasteiger charge is 2.51. The van der Waals surface area contributed by atoms with Gasteiger partial charge in [-0.15, -0.1) is 0 Å². The molecular weight excluding hydrogens is 581 g/mol. The van der Waals surface area contributed by atoms with Gasteiger partial charge in [0.1, 0.15) is 12.2 Å². The van der Waals surface area contributed by atoms with Gasteiger partial charge in [0, 0.05) is 29.8 Å². The van der Waals surface area contributed by atoms with Crippen LogP contribution in [0.2, 0.25) is 0 Å². The molecule has 9 nitrogen and oxygen atoms in total. The summed E-state index contributed by atoms with van der Waals surface area (Å²) in [4.78, 5) is 29.0. The second kappa shape index (κ2) is 13.2. The minimum absolute atomic E-state index is 0.0210. The van der Waals surface area contributed by atoms with Crippen LogP contribution < -0.4 is 14.8 Å². The van der Waals surface area contributed by atoms with Gasteiger partial charge in [0.05, 0.1) is 37.8 Å². The summed E-state index contributed by atoms with van der Waals surface area (Å²) in [6, 6.07) is 6.17. The molecule has 1 heterocycles. The predicted molar refractivity (Wildman–Crippen MR) is 153 cm³/mol. The molecule has 1 aliphatic heterocycles. The largest absolute Gasteiger partial charge is 0.493 e. The van der Waals surface area contributed by atoms with Gasteiger partial charge in [0.15, 0.2) is 11.5 Å². The first-order valence-corrected chi connectivity index (χ1v) is 14.8. The third kappa shape index (κ3) is 6.29. The minimum Gasteiger partial charge on any atom is -0.493 e. The molecule has 238 valence electrons. The average molecular weight is 619 g/mol. The molecule has 4 atom stereocenters. The Hall–Kier alpha value is -3.61. The fourth-order valence-electron chi connectivity index (χ4n) is 6.57. The Morgan fingerprint density at radius 2 is 1.80 bits per heavy atom. The van der Waals surface area contributed by atoms with Crippen molar-refractivity contribution in [2.75, 3.05) is 26.8 Å². The quantitative estimate of drug-likeness (QED) is 0.339. The number of amides is 2. The first kappa shape index (κ1) is 31.8. The third-order valence-corrected chi connectivity index (χ3v) is 8.75. The number of ether oxygens (including phenoxy) is 2. The predicted octanol–water partition coefficient (Wildman–Crippen LogP) is 3.55. The van der Waals surface area contributed by atoms with Gasteiger partial charge in [-0.1, -0.05) is 19.3 Å². The molecule has 44 heavy (non-hydrogen) atoms. The highest BCUT2D eigenvalue weighted by Crippen LogP contribution is 2.51. The van der Waals surface area contributed by atoms with Crippen LogP contribution in [0, 0.1) is 5.92 Å². The molecule has 0 radical (unpaired) electrons. The van der Waals surface area contributed by atoms with Crippen LogP contribution >= 0.6 is 0 Å². The summed E-state index contributed by atoms with van der Waals surface area (Å²) in [5.41, 5.74) is 0.364. The van der Waals surface area contributed by atoms with Crippen molar-refractivity contribution >= 4 is 11.8 Å². The Labute approximate surface area is 253 Å². The van der Waals surface area contributed by atoms with Gasteiger partial charge < -0.3 is 35.0 Å². The maximum Gasteiger partial charge on any atom is 0.416 e. The van der Waals surface area contributed by atoms with Gasteiger partial charge in [-0.25, -0.2) is 0 Å². The lowest BCUT2D eigenvalue weighted by molar-refractivity contribution is -0.137. The van der Waals surface area contributed by atoms with E-state index in [1.807, 2.05) is 0 Å². The molecule has 1 saturated carbocycles. The lowest BCUT2D eigenvalue weighted by Crippen LogP contribution is -2.56. The van der Waals surface area contributed by atoms with E-state index in [1.165, 1.54) is 18.1 Å². The van der Waals surface area contributed by atoms with Crippen LogP contribution in [0.5, 0.6) is 11.5 Å². The number of nitrogens with zero attached hydrogens (tertiary/aromatic N) is 1. The van der Waals surface area contributed by atoms with E-state index in [1.54, 1.807) is 12.1 Å². The number of methoxy groups -OCH3 is 1. The molecule has 0 bridgehead atoms. The van der Waals surface area contributed by atoms with Gasteiger partial charge in [0.25, 0.3) is 5.91 Å². The van der Waals surface area contributed by atoms with Crippen LogP contribution in [0.4, 0.5) is 13.2 Å².